The van der Waals surface area contributed by atoms with E-state index >= 15 is 0 Å². The average Bonchev–Trinajstić information content (AvgIpc) is 3.03. The quantitative estimate of drug-likeness (QED) is 0.567. The molecule has 0 aliphatic heterocycles. The number of halogens is 1. The van der Waals surface area contributed by atoms with E-state index in [0.717, 1.165) is 36.2 Å². The van der Waals surface area contributed by atoms with Gasteiger partial charge in [0.15, 0.2) is 5.15 Å². The van der Waals surface area contributed by atoms with Crippen LogP contribution in [-0.4, -0.2) is 32.7 Å². The molecule has 1 fully saturated rings. The summed E-state index contributed by atoms with van der Waals surface area (Å²) in [5.41, 5.74) is 8.92. The van der Waals surface area contributed by atoms with Gasteiger partial charge < -0.3 is 16.2 Å². The summed E-state index contributed by atoms with van der Waals surface area (Å²) in [5.74, 6) is 7.13. The molecule has 2 atom stereocenters. The highest BCUT2D eigenvalue weighted by atomic mass is 35.5. The number of nitrogens with zero attached hydrogens (tertiary/aromatic N) is 3. The number of nitrogen functional groups attached to an aromatic ring is 1. The van der Waals surface area contributed by atoms with Gasteiger partial charge in [0.2, 0.25) is 5.95 Å². The van der Waals surface area contributed by atoms with Crippen LogP contribution < -0.4 is 11.1 Å². The van der Waals surface area contributed by atoms with Gasteiger partial charge in [0.05, 0.1) is 5.69 Å². The van der Waals surface area contributed by atoms with Gasteiger partial charge in [0.25, 0.3) is 0 Å². The molecule has 4 N–H and O–H groups in total. The number of hydrogen-bond acceptors (Lipinski definition) is 6. The van der Waals surface area contributed by atoms with Crippen LogP contribution in [0.4, 0.5) is 11.8 Å². The van der Waals surface area contributed by atoms with Gasteiger partial charge in [0.1, 0.15) is 11.4 Å². The zero-order chi connectivity index (χ0) is 18.7. The number of aliphatic hydroxyl groups is 1. The summed E-state index contributed by atoms with van der Waals surface area (Å²) in [6, 6.07) is 4.07. The standard InChI is InChI=1S/C19H22ClN5O/c1-11-3-5-14(12(2)22-11)6-8-16-17(20)24-19(21)25-18(16)23-15-7-4-13(9-15)10-26/h3,5,13,15,26H,4,7,9-10H2,1-2H3,(H3,21,23,24,25). The predicted octanol–water partition coefficient (Wildman–Crippen LogP) is 2.70. The van der Waals surface area contributed by atoms with E-state index in [9.17, 15) is 5.11 Å². The van der Waals surface area contributed by atoms with Crippen LogP contribution in [0.25, 0.3) is 0 Å². The van der Waals surface area contributed by atoms with Crippen molar-refractivity contribution in [2.45, 2.75) is 39.2 Å². The number of nitrogens with one attached hydrogen (secondary N) is 1. The summed E-state index contributed by atoms with van der Waals surface area (Å²) < 4.78 is 0. The molecule has 1 aliphatic carbocycles. The highest BCUT2D eigenvalue weighted by molar-refractivity contribution is 6.31. The van der Waals surface area contributed by atoms with Crippen LogP contribution in [0.1, 0.15) is 41.8 Å². The van der Waals surface area contributed by atoms with E-state index in [4.69, 9.17) is 17.3 Å². The van der Waals surface area contributed by atoms with Gasteiger partial charge in [-0.2, -0.15) is 9.97 Å². The fraction of sp³-hybridized carbons (Fsp3) is 0.421. The fourth-order valence-corrected chi connectivity index (χ4v) is 3.40. The molecule has 6 nitrogen and oxygen atoms in total. The summed E-state index contributed by atoms with van der Waals surface area (Å²) in [4.78, 5) is 12.7. The van der Waals surface area contributed by atoms with Crippen molar-refractivity contribution in [1.82, 2.24) is 15.0 Å². The first-order valence-electron chi connectivity index (χ1n) is 8.63. The van der Waals surface area contributed by atoms with Crippen molar-refractivity contribution in [3.63, 3.8) is 0 Å². The van der Waals surface area contributed by atoms with Gasteiger partial charge >= 0.3 is 0 Å². The molecule has 1 aliphatic rings. The van der Waals surface area contributed by atoms with Crippen molar-refractivity contribution in [3.05, 3.63) is 39.8 Å². The minimum Gasteiger partial charge on any atom is -0.396 e. The van der Waals surface area contributed by atoms with Crippen LogP contribution in [-0.2, 0) is 0 Å². The number of rotatable bonds is 3. The van der Waals surface area contributed by atoms with Crippen LogP contribution in [0.15, 0.2) is 12.1 Å². The average molecular weight is 372 g/mol. The van der Waals surface area contributed by atoms with Gasteiger partial charge in [-0.15, -0.1) is 0 Å². The Bertz CT molecular complexity index is 874. The van der Waals surface area contributed by atoms with Crippen molar-refractivity contribution in [2.24, 2.45) is 5.92 Å². The van der Waals surface area contributed by atoms with Gasteiger partial charge in [-0.25, -0.2) is 0 Å². The molecule has 1 saturated carbocycles. The maximum absolute atomic E-state index is 9.33. The second-order valence-corrected chi connectivity index (χ2v) is 6.99. The molecule has 26 heavy (non-hydrogen) atoms. The molecule has 0 aromatic carbocycles. The third-order valence-corrected chi connectivity index (χ3v) is 4.84. The molecule has 0 spiro atoms. The first kappa shape index (κ1) is 18.4. The Labute approximate surface area is 158 Å². The van der Waals surface area contributed by atoms with Crippen LogP contribution >= 0.6 is 11.6 Å². The zero-order valence-corrected chi connectivity index (χ0v) is 15.6. The summed E-state index contributed by atoms with van der Waals surface area (Å²) in [5, 5.41) is 12.9. The number of pyridine rings is 1. The number of aryl methyl sites for hydroxylation is 2. The maximum Gasteiger partial charge on any atom is 0.223 e. The fourth-order valence-electron chi connectivity index (χ4n) is 3.18. The summed E-state index contributed by atoms with van der Waals surface area (Å²) in [7, 11) is 0. The molecular weight excluding hydrogens is 350 g/mol. The third-order valence-electron chi connectivity index (χ3n) is 4.57. The topological polar surface area (TPSA) is 97.0 Å². The molecule has 0 radical (unpaired) electrons. The largest absolute Gasteiger partial charge is 0.396 e. The molecule has 7 heteroatoms. The minimum absolute atomic E-state index is 0.105. The third kappa shape index (κ3) is 4.24. The first-order valence-corrected chi connectivity index (χ1v) is 9.00. The van der Waals surface area contributed by atoms with Crippen molar-refractivity contribution in [1.29, 1.82) is 0 Å². The predicted molar refractivity (Wildman–Crippen MR) is 103 cm³/mol. The lowest BCUT2D eigenvalue weighted by atomic mass is 10.1. The van der Waals surface area contributed by atoms with Crippen LogP contribution in [0.5, 0.6) is 0 Å². The van der Waals surface area contributed by atoms with Crippen molar-refractivity contribution in [2.75, 3.05) is 17.7 Å². The minimum atomic E-state index is 0.105. The molecule has 136 valence electrons. The summed E-state index contributed by atoms with van der Waals surface area (Å²) in [6.45, 7) is 4.07. The molecule has 2 heterocycles. The number of aliphatic hydroxyl groups excluding tert-OH is 1. The van der Waals surface area contributed by atoms with E-state index < -0.39 is 0 Å². The molecule has 3 rings (SSSR count). The smallest absolute Gasteiger partial charge is 0.223 e. The summed E-state index contributed by atoms with van der Waals surface area (Å²) in [6.07, 6.45) is 2.82. The van der Waals surface area contributed by atoms with E-state index in [0.29, 0.717) is 17.3 Å². The Morgan fingerprint density at radius 3 is 2.73 bits per heavy atom. The van der Waals surface area contributed by atoms with Gasteiger partial charge in [-0.1, -0.05) is 23.4 Å². The van der Waals surface area contributed by atoms with E-state index in [1.807, 2.05) is 26.0 Å². The monoisotopic (exact) mass is 371 g/mol. The molecule has 0 saturated heterocycles. The number of anilines is 2. The lowest BCUT2D eigenvalue weighted by Gasteiger charge is -2.15. The van der Waals surface area contributed by atoms with Crippen molar-refractivity contribution >= 4 is 23.4 Å². The Morgan fingerprint density at radius 1 is 1.23 bits per heavy atom. The number of nitrogens with two attached hydrogens (primary N) is 1. The van der Waals surface area contributed by atoms with Crippen LogP contribution in [0, 0.1) is 31.6 Å². The number of hydrogen-bond donors (Lipinski definition) is 3. The molecule has 0 amide bonds. The SMILES string of the molecule is Cc1ccc(C#Cc2c(Cl)nc(N)nc2NC2CCC(CO)C2)c(C)n1. The van der Waals surface area contributed by atoms with Crippen molar-refractivity contribution < 1.29 is 5.11 Å². The van der Waals surface area contributed by atoms with Gasteiger partial charge in [0, 0.05) is 23.9 Å². The Morgan fingerprint density at radius 2 is 2.04 bits per heavy atom. The van der Waals surface area contributed by atoms with E-state index in [1.54, 1.807) is 0 Å². The second-order valence-electron chi connectivity index (χ2n) is 6.63. The Kier molecular flexibility index (Phi) is 5.60. The Hall–Kier alpha value is -2.36. The van der Waals surface area contributed by atoms with Crippen LogP contribution in [0.2, 0.25) is 5.15 Å². The maximum atomic E-state index is 9.33. The number of aromatic nitrogens is 3. The van der Waals surface area contributed by atoms with Crippen LogP contribution in [0.3, 0.4) is 0 Å². The molecule has 2 aromatic heterocycles. The molecular formula is C19H22ClN5O. The Balaban J connectivity index is 1.91. The molecule has 2 unspecified atom stereocenters. The second kappa shape index (κ2) is 7.90. The molecule has 2 aromatic rings. The summed E-state index contributed by atoms with van der Waals surface area (Å²) >= 11 is 6.28. The molecule has 0 bridgehead atoms. The highest BCUT2D eigenvalue weighted by Gasteiger charge is 2.25. The van der Waals surface area contributed by atoms with E-state index in [2.05, 4.69) is 32.1 Å². The van der Waals surface area contributed by atoms with E-state index in [1.165, 1.54) is 0 Å². The van der Waals surface area contributed by atoms with Gasteiger partial charge in [-0.05, 0) is 51.2 Å². The normalized spacial score (nSPS) is 19.1. The zero-order valence-electron chi connectivity index (χ0n) is 14.9. The van der Waals surface area contributed by atoms with E-state index in [-0.39, 0.29) is 23.8 Å². The highest BCUT2D eigenvalue weighted by Crippen LogP contribution is 2.29. The lowest BCUT2D eigenvalue weighted by molar-refractivity contribution is 0.229. The lowest BCUT2D eigenvalue weighted by Crippen LogP contribution is -2.19. The van der Waals surface area contributed by atoms with Gasteiger partial charge in [-0.3, -0.25) is 4.98 Å². The van der Waals surface area contributed by atoms with Crippen molar-refractivity contribution in [3.8, 4) is 11.8 Å². The first-order chi connectivity index (χ1) is 12.5.